The van der Waals surface area contributed by atoms with Gasteiger partial charge in [0, 0.05) is 18.0 Å². The molecule has 0 atom stereocenters. The smallest absolute Gasteiger partial charge is 0.196 e. The number of benzene rings is 2. The van der Waals surface area contributed by atoms with E-state index in [1.54, 1.807) is 0 Å². The molecular formula is C17H12N2O. The fraction of sp³-hybridized carbons (Fsp3) is 0. The van der Waals surface area contributed by atoms with Crippen LogP contribution < -0.4 is 0 Å². The minimum Gasteiger partial charge on any atom is -0.288 e. The van der Waals surface area contributed by atoms with Crippen LogP contribution in [-0.4, -0.2) is 15.8 Å². The largest absolute Gasteiger partial charge is 0.288 e. The van der Waals surface area contributed by atoms with Crippen molar-refractivity contribution in [3.8, 4) is 11.1 Å². The Bertz CT molecular complexity index is 707. The zero-order valence-electron chi connectivity index (χ0n) is 10.7. The Morgan fingerprint density at radius 2 is 1.30 bits per heavy atom. The molecule has 1 heterocycles. The number of carbonyl (C=O) groups is 1. The zero-order valence-corrected chi connectivity index (χ0v) is 10.7. The van der Waals surface area contributed by atoms with Gasteiger partial charge >= 0.3 is 0 Å². The molecule has 0 fully saturated rings. The quantitative estimate of drug-likeness (QED) is 0.678. The Labute approximate surface area is 117 Å². The number of hydrogen-bond acceptors (Lipinski definition) is 3. The van der Waals surface area contributed by atoms with Gasteiger partial charge in [0.1, 0.15) is 6.33 Å². The van der Waals surface area contributed by atoms with Gasteiger partial charge in [0.25, 0.3) is 0 Å². The van der Waals surface area contributed by atoms with Crippen LogP contribution in [0.2, 0.25) is 0 Å². The van der Waals surface area contributed by atoms with Crippen LogP contribution in [0, 0.1) is 0 Å². The van der Waals surface area contributed by atoms with E-state index in [1.807, 2.05) is 54.6 Å². The van der Waals surface area contributed by atoms with Gasteiger partial charge in [-0.3, -0.25) is 4.79 Å². The molecule has 0 amide bonds. The Hall–Kier alpha value is -2.81. The summed E-state index contributed by atoms with van der Waals surface area (Å²) in [7, 11) is 0. The Morgan fingerprint density at radius 1 is 0.700 bits per heavy atom. The first-order valence-corrected chi connectivity index (χ1v) is 6.30. The first kappa shape index (κ1) is 12.2. The molecule has 0 N–H and O–H groups in total. The number of rotatable bonds is 3. The molecule has 0 aliphatic rings. The topological polar surface area (TPSA) is 42.9 Å². The first-order chi connectivity index (χ1) is 9.84. The summed E-state index contributed by atoms with van der Waals surface area (Å²) in [5.41, 5.74) is 3.36. The molecular weight excluding hydrogens is 248 g/mol. The van der Waals surface area contributed by atoms with Crippen LogP contribution in [0.4, 0.5) is 0 Å². The molecule has 0 saturated heterocycles. The molecule has 3 rings (SSSR count). The Morgan fingerprint density at radius 3 is 1.95 bits per heavy atom. The summed E-state index contributed by atoms with van der Waals surface area (Å²) in [6.45, 7) is 0. The second-order valence-electron chi connectivity index (χ2n) is 4.40. The molecule has 0 spiro atoms. The van der Waals surface area contributed by atoms with Crippen LogP contribution in [-0.2, 0) is 0 Å². The van der Waals surface area contributed by atoms with E-state index in [-0.39, 0.29) is 5.78 Å². The van der Waals surface area contributed by atoms with Crippen LogP contribution in [0.1, 0.15) is 15.9 Å². The second kappa shape index (κ2) is 5.45. The van der Waals surface area contributed by atoms with E-state index < -0.39 is 0 Å². The third-order valence-electron chi connectivity index (χ3n) is 3.08. The zero-order chi connectivity index (χ0) is 13.8. The highest BCUT2D eigenvalue weighted by Crippen LogP contribution is 2.20. The lowest BCUT2D eigenvalue weighted by Crippen LogP contribution is -2.02. The molecule has 0 aliphatic heterocycles. The second-order valence-corrected chi connectivity index (χ2v) is 4.40. The molecule has 20 heavy (non-hydrogen) atoms. The number of nitrogens with zero attached hydrogens (tertiary/aromatic N) is 2. The van der Waals surface area contributed by atoms with Crippen molar-refractivity contribution in [1.29, 1.82) is 0 Å². The van der Waals surface area contributed by atoms with Gasteiger partial charge in [-0.1, -0.05) is 54.6 Å². The molecule has 2 aromatic carbocycles. The lowest BCUT2D eigenvalue weighted by atomic mass is 10.0. The number of hydrogen-bond donors (Lipinski definition) is 0. The van der Waals surface area contributed by atoms with Crippen LogP contribution >= 0.6 is 0 Å². The normalized spacial score (nSPS) is 10.2. The third-order valence-corrected chi connectivity index (χ3v) is 3.08. The van der Waals surface area contributed by atoms with Crippen molar-refractivity contribution in [2.45, 2.75) is 0 Å². The van der Waals surface area contributed by atoms with Crippen molar-refractivity contribution in [3.05, 3.63) is 84.4 Å². The molecule has 96 valence electrons. The molecule has 3 heteroatoms. The molecule has 3 nitrogen and oxygen atoms in total. The van der Waals surface area contributed by atoms with Crippen LogP contribution in [0.3, 0.4) is 0 Å². The SMILES string of the molecule is O=C(c1ccc(-c2ccccc2)cc1)c1cncnc1. The summed E-state index contributed by atoms with van der Waals surface area (Å²) in [6.07, 6.45) is 4.47. The summed E-state index contributed by atoms with van der Waals surface area (Å²) in [5, 5.41) is 0. The van der Waals surface area contributed by atoms with Crippen LogP contribution in [0.5, 0.6) is 0 Å². The van der Waals surface area contributed by atoms with Crippen molar-refractivity contribution in [2.75, 3.05) is 0 Å². The van der Waals surface area contributed by atoms with E-state index in [1.165, 1.54) is 18.7 Å². The Kier molecular flexibility index (Phi) is 3.33. The van der Waals surface area contributed by atoms with E-state index >= 15 is 0 Å². The minimum atomic E-state index is -0.0646. The van der Waals surface area contributed by atoms with Crippen LogP contribution in [0.25, 0.3) is 11.1 Å². The van der Waals surface area contributed by atoms with E-state index in [2.05, 4.69) is 9.97 Å². The average molecular weight is 260 g/mol. The third kappa shape index (κ3) is 2.47. The number of aromatic nitrogens is 2. The number of carbonyl (C=O) groups excluding carboxylic acids is 1. The first-order valence-electron chi connectivity index (χ1n) is 6.30. The van der Waals surface area contributed by atoms with E-state index in [9.17, 15) is 4.79 Å². The molecule has 0 saturated carbocycles. The summed E-state index contributed by atoms with van der Waals surface area (Å²) < 4.78 is 0. The van der Waals surface area contributed by atoms with Gasteiger partial charge in [0.15, 0.2) is 5.78 Å². The minimum absolute atomic E-state index is 0.0646. The van der Waals surface area contributed by atoms with Crippen molar-refractivity contribution < 1.29 is 4.79 Å². The lowest BCUT2D eigenvalue weighted by molar-refractivity contribution is 0.103. The van der Waals surface area contributed by atoms with E-state index in [0.717, 1.165) is 11.1 Å². The summed E-state index contributed by atoms with van der Waals surface area (Å²) in [6, 6.07) is 17.6. The van der Waals surface area contributed by atoms with Crippen molar-refractivity contribution in [1.82, 2.24) is 9.97 Å². The maximum absolute atomic E-state index is 12.2. The molecule has 0 bridgehead atoms. The van der Waals surface area contributed by atoms with Gasteiger partial charge in [-0.15, -0.1) is 0 Å². The number of ketones is 1. The van der Waals surface area contributed by atoms with Gasteiger partial charge in [-0.2, -0.15) is 0 Å². The highest BCUT2D eigenvalue weighted by molar-refractivity contribution is 6.08. The summed E-state index contributed by atoms with van der Waals surface area (Å²) >= 11 is 0. The fourth-order valence-electron chi connectivity index (χ4n) is 2.03. The molecule has 1 aromatic heterocycles. The molecule has 0 aliphatic carbocycles. The van der Waals surface area contributed by atoms with Gasteiger partial charge in [0.2, 0.25) is 0 Å². The predicted octanol–water partition coefficient (Wildman–Crippen LogP) is 3.37. The Balaban J connectivity index is 1.89. The van der Waals surface area contributed by atoms with E-state index in [0.29, 0.717) is 11.1 Å². The van der Waals surface area contributed by atoms with Gasteiger partial charge < -0.3 is 0 Å². The average Bonchev–Trinajstić information content (AvgIpc) is 2.56. The van der Waals surface area contributed by atoms with Crippen LogP contribution in [0.15, 0.2) is 73.3 Å². The highest BCUT2D eigenvalue weighted by atomic mass is 16.1. The van der Waals surface area contributed by atoms with Crippen molar-refractivity contribution in [2.24, 2.45) is 0 Å². The lowest BCUT2D eigenvalue weighted by Gasteiger charge is -2.04. The van der Waals surface area contributed by atoms with E-state index in [4.69, 9.17) is 0 Å². The maximum Gasteiger partial charge on any atom is 0.196 e. The summed E-state index contributed by atoms with van der Waals surface area (Å²) in [4.78, 5) is 19.9. The molecule has 0 radical (unpaired) electrons. The highest BCUT2D eigenvalue weighted by Gasteiger charge is 2.09. The van der Waals surface area contributed by atoms with Gasteiger partial charge in [-0.05, 0) is 11.1 Å². The van der Waals surface area contributed by atoms with Crippen molar-refractivity contribution >= 4 is 5.78 Å². The molecule has 0 unspecified atom stereocenters. The molecule has 3 aromatic rings. The summed E-state index contributed by atoms with van der Waals surface area (Å²) in [5.74, 6) is -0.0646. The maximum atomic E-state index is 12.2. The predicted molar refractivity (Wildman–Crippen MR) is 77.3 cm³/mol. The standard InChI is InChI=1S/C17H12N2O/c20-17(16-10-18-12-19-11-16)15-8-6-14(7-9-15)13-4-2-1-3-5-13/h1-12H. The monoisotopic (exact) mass is 260 g/mol. The van der Waals surface area contributed by atoms with Gasteiger partial charge in [0.05, 0.1) is 5.56 Å². The van der Waals surface area contributed by atoms with Crippen molar-refractivity contribution in [3.63, 3.8) is 0 Å². The fourth-order valence-corrected chi connectivity index (χ4v) is 2.03. The van der Waals surface area contributed by atoms with Gasteiger partial charge in [-0.25, -0.2) is 9.97 Å².